The van der Waals surface area contributed by atoms with Crippen molar-refractivity contribution in [2.75, 3.05) is 19.8 Å². The molecule has 0 unspecified atom stereocenters. The van der Waals surface area contributed by atoms with E-state index in [1.807, 2.05) is 6.92 Å². The quantitative estimate of drug-likeness (QED) is 0.450. The summed E-state index contributed by atoms with van der Waals surface area (Å²) in [7, 11) is 0. The van der Waals surface area contributed by atoms with Crippen LogP contribution in [0.1, 0.15) is 65.8 Å². The molecule has 2 fully saturated rings. The fourth-order valence-corrected chi connectivity index (χ4v) is 5.02. The molecule has 0 aromatic heterocycles. The number of benzene rings is 2. The van der Waals surface area contributed by atoms with Crippen molar-refractivity contribution in [3.63, 3.8) is 0 Å². The third-order valence-corrected chi connectivity index (χ3v) is 7.16. The molecule has 2 aromatic carbocycles. The van der Waals surface area contributed by atoms with Gasteiger partial charge >= 0.3 is 0 Å². The molecule has 2 aromatic rings. The number of hydrogen-bond acceptors (Lipinski definition) is 5. The zero-order chi connectivity index (χ0) is 22.7. The van der Waals surface area contributed by atoms with Gasteiger partial charge in [0.05, 0.1) is 18.8 Å². The normalized spacial score (nSPS) is 28.1. The van der Waals surface area contributed by atoms with Gasteiger partial charge in [0.1, 0.15) is 6.10 Å². The summed E-state index contributed by atoms with van der Waals surface area (Å²) in [4.78, 5) is 0. The van der Waals surface area contributed by atoms with E-state index in [1.54, 1.807) is 0 Å². The second kappa shape index (κ2) is 10.4. The monoisotopic (exact) mass is 440 g/mol. The molecule has 32 heavy (non-hydrogen) atoms. The van der Waals surface area contributed by atoms with Crippen LogP contribution in [0.4, 0.5) is 0 Å². The Labute approximate surface area is 190 Å². The minimum atomic E-state index is -1.25. The van der Waals surface area contributed by atoms with E-state index >= 15 is 0 Å². The standard InChI is InChI=1S/C27H36O5/c1-2-32-12-11-17-3-5-18(6-4-17)13-21-14-20(9-10-23(21)19-7-8-19)24-15-22(16-28)25(29)27(31)26(24)30/h3-6,9-10,14,19,22,24-31H,2,7-8,11-13,15-16H2,1H3/t22-,24+,25-,26+,27+/m1/s1. The van der Waals surface area contributed by atoms with Crippen molar-refractivity contribution in [3.05, 3.63) is 70.3 Å². The lowest BCUT2D eigenvalue weighted by Gasteiger charge is -2.40. The fraction of sp³-hybridized carbons (Fsp3) is 0.556. The Hall–Kier alpha value is -1.76. The average Bonchev–Trinajstić information content (AvgIpc) is 3.64. The van der Waals surface area contributed by atoms with Crippen LogP contribution in [0, 0.1) is 5.92 Å². The molecule has 0 heterocycles. The molecule has 2 aliphatic carbocycles. The average molecular weight is 441 g/mol. The molecule has 0 radical (unpaired) electrons. The highest BCUT2D eigenvalue weighted by molar-refractivity contribution is 5.42. The maximum absolute atomic E-state index is 10.7. The molecule has 0 spiro atoms. The van der Waals surface area contributed by atoms with Gasteiger partial charge in [0, 0.05) is 25.0 Å². The van der Waals surface area contributed by atoms with E-state index in [-0.39, 0.29) is 12.5 Å². The van der Waals surface area contributed by atoms with Gasteiger partial charge in [-0.3, -0.25) is 0 Å². The molecule has 0 aliphatic heterocycles. The molecule has 0 bridgehead atoms. The largest absolute Gasteiger partial charge is 0.396 e. The molecule has 5 heteroatoms. The minimum absolute atomic E-state index is 0.204. The summed E-state index contributed by atoms with van der Waals surface area (Å²) in [5, 5.41) is 40.8. The van der Waals surface area contributed by atoms with Gasteiger partial charge in [-0.1, -0.05) is 42.5 Å². The van der Waals surface area contributed by atoms with Crippen LogP contribution in [-0.4, -0.2) is 58.6 Å². The first kappa shape index (κ1) is 23.4. The summed E-state index contributed by atoms with van der Waals surface area (Å²) >= 11 is 0. The number of aliphatic hydroxyl groups is 4. The number of rotatable bonds is 9. The number of hydrogen-bond donors (Lipinski definition) is 4. The highest BCUT2D eigenvalue weighted by Crippen LogP contribution is 2.44. The third-order valence-electron chi connectivity index (χ3n) is 7.16. The predicted octanol–water partition coefficient (Wildman–Crippen LogP) is 2.91. The Morgan fingerprint density at radius 2 is 1.62 bits per heavy atom. The van der Waals surface area contributed by atoms with Gasteiger partial charge in [0.2, 0.25) is 0 Å². The SMILES string of the molecule is CCOCCc1ccc(Cc2cc([C@@H]3C[C@H](CO)[C@@H](O)[C@H](O)[C@H]3O)ccc2C2CC2)cc1. The Balaban J connectivity index is 1.55. The van der Waals surface area contributed by atoms with Crippen LogP contribution in [0.5, 0.6) is 0 Å². The van der Waals surface area contributed by atoms with E-state index in [9.17, 15) is 20.4 Å². The number of ether oxygens (including phenoxy) is 1. The van der Waals surface area contributed by atoms with Gasteiger partial charge in [0.15, 0.2) is 0 Å². The highest BCUT2D eigenvalue weighted by Gasteiger charge is 2.43. The summed E-state index contributed by atoms with van der Waals surface area (Å²) < 4.78 is 5.45. The molecule has 5 nitrogen and oxygen atoms in total. The zero-order valence-corrected chi connectivity index (χ0v) is 18.9. The lowest BCUT2D eigenvalue weighted by Crippen LogP contribution is -2.51. The fourth-order valence-electron chi connectivity index (χ4n) is 5.02. The van der Waals surface area contributed by atoms with Crippen molar-refractivity contribution < 1.29 is 25.2 Å². The van der Waals surface area contributed by atoms with Gasteiger partial charge in [-0.25, -0.2) is 0 Å². The van der Waals surface area contributed by atoms with Crippen molar-refractivity contribution >= 4 is 0 Å². The first-order valence-electron chi connectivity index (χ1n) is 11.9. The summed E-state index contributed by atoms with van der Waals surface area (Å²) in [6.07, 6.45) is 1.22. The smallest absolute Gasteiger partial charge is 0.107 e. The van der Waals surface area contributed by atoms with Crippen molar-refractivity contribution in [2.24, 2.45) is 5.92 Å². The van der Waals surface area contributed by atoms with Crippen LogP contribution in [0.3, 0.4) is 0 Å². The molecule has 174 valence electrons. The van der Waals surface area contributed by atoms with Crippen molar-refractivity contribution in [3.8, 4) is 0 Å². The second-order valence-corrected chi connectivity index (χ2v) is 9.43. The van der Waals surface area contributed by atoms with E-state index in [2.05, 4.69) is 42.5 Å². The zero-order valence-electron chi connectivity index (χ0n) is 18.9. The van der Waals surface area contributed by atoms with E-state index in [4.69, 9.17) is 4.74 Å². The summed E-state index contributed by atoms with van der Waals surface area (Å²) in [5.74, 6) is -0.133. The van der Waals surface area contributed by atoms with E-state index in [0.717, 1.165) is 31.6 Å². The Morgan fingerprint density at radius 3 is 2.28 bits per heavy atom. The van der Waals surface area contributed by atoms with E-state index in [1.165, 1.54) is 35.1 Å². The highest BCUT2D eigenvalue weighted by atomic mass is 16.5. The maximum Gasteiger partial charge on any atom is 0.107 e. The van der Waals surface area contributed by atoms with Crippen LogP contribution in [-0.2, 0) is 17.6 Å². The summed E-state index contributed by atoms with van der Waals surface area (Å²) in [5.41, 5.74) is 6.12. The molecule has 4 N–H and O–H groups in total. The van der Waals surface area contributed by atoms with Crippen LogP contribution >= 0.6 is 0 Å². The number of aliphatic hydroxyl groups excluding tert-OH is 4. The molecule has 4 rings (SSSR count). The Bertz CT molecular complexity index is 874. The minimum Gasteiger partial charge on any atom is -0.396 e. The summed E-state index contributed by atoms with van der Waals surface area (Å²) in [6, 6.07) is 15.1. The third kappa shape index (κ3) is 5.24. The summed E-state index contributed by atoms with van der Waals surface area (Å²) in [6.45, 7) is 3.28. The van der Waals surface area contributed by atoms with Crippen molar-refractivity contribution in [1.29, 1.82) is 0 Å². The van der Waals surface area contributed by atoms with Gasteiger partial charge in [0.25, 0.3) is 0 Å². The van der Waals surface area contributed by atoms with Crippen molar-refractivity contribution in [1.82, 2.24) is 0 Å². The predicted molar refractivity (Wildman–Crippen MR) is 124 cm³/mol. The molecular formula is C27H36O5. The van der Waals surface area contributed by atoms with Crippen molar-refractivity contribution in [2.45, 2.75) is 69.2 Å². The van der Waals surface area contributed by atoms with Gasteiger partial charge in [-0.15, -0.1) is 0 Å². The van der Waals surface area contributed by atoms with Crippen LogP contribution in [0.15, 0.2) is 42.5 Å². The van der Waals surface area contributed by atoms with Crippen LogP contribution in [0.25, 0.3) is 0 Å². The lowest BCUT2D eigenvalue weighted by atomic mass is 9.72. The Kier molecular flexibility index (Phi) is 7.64. The lowest BCUT2D eigenvalue weighted by molar-refractivity contribution is -0.127. The molecule has 0 saturated heterocycles. The van der Waals surface area contributed by atoms with Gasteiger partial charge < -0.3 is 25.2 Å². The molecule has 0 amide bonds. The first-order chi connectivity index (χ1) is 15.5. The van der Waals surface area contributed by atoms with Crippen LogP contribution < -0.4 is 0 Å². The topological polar surface area (TPSA) is 90.2 Å². The molecule has 2 saturated carbocycles. The molecular weight excluding hydrogens is 404 g/mol. The molecule has 5 atom stereocenters. The maximum atomic E-state index is 10.7. The van der Waals surface area contributed by atoms with Crippen LogP contribution in [0.2, 0.25) is 0 Å². The van der Waals surface area contributed by atoms with Gasteiger partial charge in [-0.05, 0) is 72.8 Å². The Morgan fingerprint density at radius 1 is 0.906 bits per heavy atom. The van der Waals surface area contributed by atoms with Gasteiger partial charge in [-0.2, -0.15) is 0 Å². The van der Waals surface area contributed by atoms with E-state index < -0.39 is 24.2 Å². The second-order valence-electron chi connectivity index (χ2n) is 9.43. The molecule has 2 aliphatic rings. The van der Waals surface area contributed by atoms with E-state index in [0.29, 0.717) is 12.3 Å². The first-order valence-corrected chi connectivity index (χ1v) is 11.9.